The van der Waals surface area contributed by atoms with Crippen molar-refractivity contribution in [2.24, 2.45) is 0 Å². The van der Waals surface area contributed by atoms with E-state index < -0.39 is 0 Å². The van der Waals surface area contributed by atoms with Gasteiger partial charge in [-0.15, -0.1) is 0 Å². The number of anilines is 1. The van der Waals surface area contributed by atoms with Crippen molar-refractivity contribution in [2.75, 3.05) is 38.2 Å². The highest BCUT2D eigenvalue weighted by Crippen LogP contribution is 2.24. The minimum absolute atomic E-state index is 0.308. The molecule has 0 spiro atoms. The first kappa shape index (κ1) is 14.6. The molecule has 1 N–H and O–H groups in total. The normalized spacial score (nSPS) is 16.4. The van der Waals surface area contributed by atoms with Crippen LogP contribution in [0.2, 0.25) is 0 Å². The molecule has 1 fully saturated rings. The highest BCUT2D eigenvalue weighted by molar-refractivity contribution is 5.32. The molecule has 22 heavy (non-hydrogen) atoms. The Kier molecular flexibility index (Phi) is 4.43. The number of hydrogen-bond acceptors (Lipinski definition) is 7. The third-order valence-electron chi connectivity index (χ3n) is 3.55. The summed E-state index contributed by atoms with van der Waals surface area (Å²) in [5, 5.41) is 7.34. The van der Waals surface area contributed by atoms with Gasteiger partial charge in [-0.2, -0.15) is 4.98 Å². The molecule has 1 aromatic carbocycles. The van der Waals surface area contributed by atoms with Gasteiger partial charge in [0, 0.05) is 26.2 Å². The number of nitrogens with zero attached hydrogens (tertiary/aromatic N) is 3. The lowest BCUT2D eigenvalue weighted by atomic mass is 10.3. The van der Waals surface area contributed by atoms with Crippen molar-refractivity contribution in [1.29, 1.82) is 0 Å². The molecule has 0 bridgehead atoms. The first-order chi connectivity index (χ1) is 10.8. The van der Waals surface area contributed by atoms with Gasteiger partial charge in [-0.05, 0) is 36.3 Å². The lowest BCUT2D eigenvalue weighted by Crippen LogP contribution is -2.44. The van der Waals surface area contributed by atoms with Crippen molar-refractivity contribution < 1.29 is 14.0 Å². The Morgan fingerprint density at radius 3 is 2.55 bits per heavy atom. The molecule has 2 aromatic rings. The van der Waals surface area contributed by atoms with Crippen LogP contribution in [-0.2, 0) is 0 Å². The minimum Gasteiger partial charge on any atom is -0.497 e. The van der Waals surface area contributed by atoms with Gasteiger partial charge in [0.25, 0.3) is 11.8 Å². The fourth-order valence-electron chi connectivity index (χ4n) is 2.29. The molecule has 2 heterocycles. The highest BCUT2D eigenvalue weighted by atomic mass is 16.5. The molecule has 7 nitrogen and oxygen atoms in total. The number of rotatable bonds is 5. The van der Waals surface area contributed by atoms with Crippen molar-refractivity contribution in [1.82, 2.24) is 15.5 Å². The van der Waals surface area contributed by atoms with E-state index in [1.54, 1.807) is 7.11 Å². The van der Waals surface area contributed by atoms with Crippen LogP contribution in [0.1, 0.15) is 18.9 Å². The van der Waals surface area contributed by atoms with Crippen molar-refractivity contribution in [3.8, 4) is 11.5 Å². The summed E-state index contributed by atoms with van der Waals surface area (Å²) in [6.07, 6.45) is -0.308. The summed E-state index contributed by atoms with van der Waals surface area (Å²) in [6.45, 7) is 5.52. The maximum Gasteiger partial charge on any atom is 0.269 e. The second-order valence-electron chi connectivity index (χ2n) is 5.11. The van der Waals surface area contributed by atoms with E-state index in [2.05, 4.69) is 20.4 Å². The number of piperazine rings is 1. The van der Waals surface area contributed by atoms with Crippen LogP contribution in [-0.4, -0.2) is 43.4 Å². The molecule has 3 rings (SSSR count). The first-order valence-electron chi connectivity index (χ1n) is 7.36. The Hall–Kier alpha value is -2.28. The van der Waals surface area contributed by atoms with Crippen LogP contribution in [0.3, 0.4) is 0 Å². The average molecular weight is 304 g/mol. The third-order valence-corrected chi connectivity index (χ3v) is 3.55. The summed E-state index contributed by atoms with van der Waals surface area (Å²) in [5.41, 5.74) is 0. The number of ether oxygens (including phenoxy) is 2. The fourth-order valence-corrected chi connectivity index (χ4v) is 2.29. The Morgan fingerprint density at radius 2 is 1.86 bits per heavy atom. The van der Waals surface area contributed by atoms with Gasteiger partial charge in [-0.1, -0.05) is 0 Å². The molecule has 1 atom stereocenters. The quantitative estimate of drug-likeness (QED) is 0.900. The lowest BCUT2D eigenvalue weighted by molar-refractivity contribution is 0.175. The maximum absolute atomic E-state index is 5.82. The molecular formula is C15H20N4O3. The second-order valence-corrected chi connectivity index (χ2v) is 5.11. The van der Waals surface area contributed by atoms with Gasteiger partial charge < -0.3 is 24.2 Å². The molecule has 0 aliphatic carbocycles. The molecule has 1 aliphatic rings. The zero-order valence-electron chi connectivity index (χ0n) is 12.8. The maximum atomic E-state index is 5.82. The Labute approximate surface area is 129 Å². The average Bonchev–Trinajstić information content (AvgIpc) is 3.06. The molecule has 0 saturated carbocycles. The number of methoxy groups -OCH3 is 1. The van der Waals surface area contributed by atoms with E-state index in [4.69, 9.17) is 14.0 Å². The van der Waals surface area contributed by atoms with Crippen LogP contribution < -0.4 is 19.7 Å². The molecule has 0 radical (unpaired) electrons. The number of nitrogens with one attached hydrogen (secondary N) is 1. The van der Waals surface area contributed by atoms with E-state index in [-0.39, 0.29) is 6.10 Å². The zero-order chi connectivity index (χ0) is 15.4. The van der Waals surface area contributed by atoms with Crippen LogP contribution in [0.5, 0.6) is 11.5 Å². The smallest absolute Gasteiger partial charge is 0.269 e. The fraction of sp³-hybridized carbons (Fsp3) is 0.467. The molecule has 7 heteroatoms. The van der Waals surface area contributed by atoms with Gasteiger partial charge in [0.05, 0.1) is 7.11 Å². The summed E-state index contributed by atoms with van der Waals surface area (Å²) in [6, 6.07) is 7.40. The summed E-state index contributed by atoms with van der Waals surface area (Å²) in [4.78, 5) is 6.54. The topological polar surface area (TPSA) is 72.7 Å². The second kappa shape index (κ2) is 6.65. The summed E-state index contributed by atoms with van der Waals surface area (Å²) in [7, 11) is 1.63. The van der Waals surface area contributed by atoms with Gasteiger partial charge in [-0.25, -0.2) is 0 Å². The Balaban J connectivity index is 1.64. The van der Waals surface area contributed by atoms with Crippen LogP contribution >= 0.6 is 0 Å². The molecule has 0 amide bonds. The lowest BCUT2D eigenvalue weighted by Gasteiger charge is -2.25. The predicted octanol–water partition coefficient (Wildman–Crippen LogP) is 1.63. The van der Waals surface area contributed by atoms with Crippen molar-refractivity contribution in [3.63, 3.8) is 0 Å². The third kappa shape index (κ3) is 3.30. The van der Waals surface area contributed by atoms with E-state index in [9.17, 15) is 0 Å². The SMILES string of the molecule is COc1ccc(OC(C)c2nc(N3CCNCC3)no2)cc1. The van der Waals surface area contributed by atoms with Gasteiger partial charge in [-0.3, -0.25) is 0 Å². The predicted molar refractivity (Wildman–Crippen MR) is 81.4 cm³/mol. The van der Waals surface area contributed by atoms with Crippen LogP contribution in [0, 0.1) is 0 Å². The van der Waals surface area contributed by atoms with E-state index in [1.165, 1.54) is 0 Å². The van der Waals surface area contributed by atoms with Crippen LogP contribution in [0.25, 0.3) is 0 Å². The standard InChI is InChI=1S/C15H20N4O3/c1-11(21-13-5-3-12(20-2)4-6-13)14-17-15(18-22-14)19-9-7-16-8-10-19/h3-6,11,16H,7-10H2,1-2H3. The Bertz CT molecular complexity index is 593. The largest absolute Gasteiger partial charge is 0.497 e. The van der Waals surface area contributed by atoms with Crippen LogP contribution in [0.15, 0.2) is 28.8 Å². The molecule has 118 valence electrons. The molecule has 1 unspecified atom stereocenters. The molecule has 1 aliphatic heterocycles. The number of aromatic nitrogens is 2. The van der Waals surface area contributed by atoms with Gasteiger partial charge in [0.2, 0.25) is 0 Å². The number of hydrogen-bond donors (Lipinski definition) is 1. The van der Waals surface area contributed by atoms with Gasteiger partial charge in [0.15, 0.2) is 6.10 Å². The first-order valence-corrected chi connectivity index (χ1v) is 7.36. The minimum atomic E-state index is -0.308. The number of benzene rings is 1. The Morgan fingerprint density at radius 1 is 1.18 bits per heavy atom. The monoisotopic (exact) mass is 304 g/mol. The van der Waals surface area contributed by atoms with E-state index >= 15 is 0 Å². The van der Waals surface area contributed by atoms with Crippen molar-refractivity contribution >= 4 is 5.95 Å². The summed E-state index contributed by atoms with van der Waals surface area (Å²) >= 11 is 0. The van der Waals surface area contributed by atoms with E-state index in [0.717, 1.165) is 37.7 Å². The van der Waals surface area contributed by atoms with Gasteiger partial charge in [0.1, 0.15) is 11.5 Å². The molecule has 1 saturated heterocycles. The summed E-state index contributed by atoms with van der Waals surface area (Å²) in [5.74, 6) is 2.63. The van der Waals surface area contributed by atoms with E-state index in [1.807, 2.05) is 31.2 Å². The van der Waals surface area contributed by atoms with Crippen LogP contribution in [0.4, 0.5) is 5.95 Å². The molecule has 1 aromatic heterocycles. The van der Waals surface area contributed by atoms with Crippen molar-refractivity contribution in [3.05, 3.63) is 30.2 Å². The van der Waals surface area contributed by atoms with E-state index in [0.29, 0.717) is 11.8 Å². The summed E-state index contributed by atoms with van der Waals surface area (Å²) < 4.78 is 16.3. The van der Waals surface area contributed by atoms with Crippen molar-refractivity contribution in [2.45, 2.75) is 13.0 Å². The highest BCUT2D eigenvalue weighted by Gasteiger charge is 2.20. The van der Waals surface area contributed by atoms with Gasteiger partial charge >= 0.3 is 0 Å². The molecular weight excluding hydrogens is 284 g/mol. The zero-order valence-corrected chi connectivity index (χ0v) is 12.8.